The van der Waals surface area contributed by atoms with E-state index in [1.807, 2.05) is 32.0 Å². The Morgan fingerprint density at radius 3 is 2.48 bits per heavy atom. The molecule has 3 aromatic rings. The van der Waals surface area contributed by atoms with Gasteiger partial charge in [0, 0.05) is 10.6 Å². The second-order valence-corrected chi connectivity index (χ2v) is 7.58. The molecule has 1 aromatic heterocycles. The number of nitrogens with one attached hydrogen (secondary N) is 1. The second-order valence-electron chi connectivity index (χ2n) is 7.14. The van der Waals surface area contributed by atoms with E-state index >= 15 is 0 Å². The van der Waals surface area contributed by atoms with Gasteiger partial charge in [-0.3, -0.25) is 14.9 Å². The van der Waals surface area contributed by atoms with E-state index in [0.717, 1.165) is 28.0 Å². The quantitative estimate of drug-likeness (QED) is 0.455. The number of nitrogens with zero attached hydrogens (tertiary/aromatic N) is 1. The van der Waals surface area contributed by atoms with Gasteiger partial charge in [-0.2, -0.15) is 0 Å². The normalized spacial score (nSPS) is 15.5. The molecular weight excluding hydrogens is 416 g/mol. The number of halogens is 1. The maximum atomic E-state index is 13.0. The molecule has 2 aromatic carbocycles. The summed E-state index contributed by atoms with van der Waals surface area (Å²) >= 11 is 6.09. The Labute approximate surface area is 184 Å². The van der Waals surface area contributed by atoms with Crippen LogP contribution in [0.25, 0.3) is 17.4 Å². The minimum Gasteiger partial charge on any atom is -0.457 e. The molecule has 4 amide bonds. The number of furan rings is 1. The van der Waals surface area contributed by atoms with Gasteiger partial charge in [-0.05, 0) is 66.9 Å². The molecular formula is C24H19ClN2O4. The van der Waals surface area contributed by atoms with E-state index in [1.165, 1.54) is 6.08 Å². The molecule has 1 aliphatic heterocycles. The Morgan fingerprint density at radius 2 is 1.77 bits per heavy atom. The molecule has 1 saturated heterocycles. The highest BCUT2D eigenvalue weighted by Crippen LogP contribution is 2.29. The molecule has 0 spiro atoms. The van der Waals surface area contributed by atoms with Crippen LogP contribution in [-0.4, -0.2) is 17.8 Å². The molecule has 1 N–H and O–H groups in total. The van der Waals surface area contributed by atoms with E-state index in [2.05, 4.69) is 5.32 Å². The van der Waals surface area contributed by atoms with Gasteiger partial charge >= 0.3 is 6.03 Å². The number of amides is 4. The highest BCUT2D eigenvalue weighted by molar-refractivity contribution is 6.39. The van der Waals surface area contributed by atoms with Crippen molar-refractivity contribution in [3.05, 3.63) is 82.1 Å². The first-order chi connectivity index (χ1) is 14.9. The first-order valence-corrected chi connectivity index (χ1v) is 10.1. The van der Waals surface area contributed by atoms with Crippen molar-refractivity contribution in [1.29, 1.82) is 0 Å². The Morgan fingerprint density at radius 1 is 1.03 bits per heavy atom. The summed E-state index contributed by atoms with van der Waals surface area (Å²) < 4.78 is 5.83. The van der Waals surface area contributed by atoms with E-state index in [9.17, 15) is 14.4 Å². The fourth-order valence-corrected chi connectivity index (χ4v) is 3.52. The van der Waals surface area contributed by atoms with Crippen molar-refractivity contribution in [3.63, 3.8) is 0 Å². The summed E-state index contributed by atoms with van der Waals surface area (Å²) in [6.07, 6.45) is 2.16. The van der Waals surface area contributed by atoms with Crippen molar-refractivity contribution >= 4 is 41.2 Å². The molecule has 1 aliphatic rings. The summed E-state index contributed by atoms with van der Waals surface area (Å²) in [4.78, 5) is 38.6. The summed E-state index contributed by atoms with van der Waals surface area (Å²) in [6, 6.07) is 15.1. The number of benzene rings is 2. The number of hydrogen-bond acceptors (Lipinski definition) is 4. The standard InChI is InChI=1S/C24H19ClN2O4/c1-3-15-5-8-17(9-6-15)27-23(29)20(22(28)26-24(27)30)13-18-10-11-21(31-18)19-12-16(25)7-4-14(19)2/h4-13H,3H2,1-2H3,(H,26,28,30)/b20-13+. The lowest BCUT2D eigenvalue weighted by Gasteiger charge is -2.26. The van der Waals surface area contributed by atoms with E-state index in [4.69, 9.17) is 16.0 Å². The molecule has 4 rings (SSSR count). The average Bonchev–Trinajstić information content (AvgIpc) is 3.21. The van der Waals surface area contributed by atoms with Crippen molar-refractivity contribution in [1.82, 2.24) is 5.32 Å². The predicted molar refractivity (Wildman–Crippen MR) is 119 cm³/mol. The van der Waals surface area contributed by atoms with Gasteiger partial charge in [-0.25, -0.2) is 9.69 Å². The summed E-state index contributed by atoms with van der Waals surface area (Å²) in [6.45, 7) is 3.94. The molecule has 0 aliphatic carbocycles. The van der Waals surface area contributed by atoms with E-state index in [-0.39, 0.29) is 5.57 Å². The van der Waals surface area contributed by atoms with Crippen LogP contribution in [0.2, 0.25) is 5.02 Å². The SMILES string of the molecule is CCc1ccc(N2C(=O)NC(=O)/C(=C\c3ccc(-c4cc(Cl)ccc4C)o3)C2=O)cc1. The number of urea groups is 1. The average molecular weight is 435 g/mol. The number of carbonyl (C=O) groups is 3. The van der Waals surface area contributed by atoms with Gasteiger partial charge in [0.05, 0.1) is 5.69 Å². The Hall–Kier alpha value is -3.64. The molecule has 0 bridgehead atoms. The van der Waals surface area contributed by atoms with Crippen molar-refractivity contribution in [3.8, 4) is 11.3 Å². The van der Waals surface area contributed by atoms with Crippen molar-refractivity contribution in [2.24, 2.45) is 0 Å². The summed E-state index contributed by atoms with van der Waals surface area (Å²) in [5.41, 5.74) is 3.04. The van der Waals surface area contributed by atoms with E-state index < -0.39 is 17.8 Å². The lowest BCUT2D eigenvalue weighted by Crippen LogP contribution is -2.54. The van der Waals surface area contributed by atoms with Crippen LogP contribution in [0.5, 0.6) is 0 Å². The van der Waals surface area contributed by atoms with Crippen LogP contribution in [0.15, 0.2) is 64.6 Å². The van der Waals surface area contributed by atoms with E-state index in [1.54, 1.807) is 36.4 Å². The Bertz CT molecular complexity index is 1220. The van der Waals surface area contributed by atoms with Crippen LogP contribution in [0.3, 0.4) is 0 Å². The lowest BCUT2D eigenvalue weighted by molar-refractivity contribution is -0.122. The predicted octanol–water partition coefficient (Wildman–Crippen LogP) is 5.14. The number of aryl methyl sites for hydroxylation is 2. The molecule has 156 valence electrons. The van der Waals surface area contributed by atoms with Gasteiger partial charge in [0.2, 0.25) is 0 Å². The third kappa shape index (κ3) is 4.02. The summed E-state index contributed by atoms with van der Waals surface area (Å²) in [5, 5.41) is 2.78. The van der Waals surface area contributed by atoms with Crippen molar-refractivity contribution in [2.75, 3.05) is 4.90 Å². The first-order valence-electron chi connectivity index (χ1n) is 9.74. The van der Waals surface area contributed by atoms with Crippen LogP contribution in [-0.2, 0) is 16.0 Å². The number of imide groups is 2. The minimum absolute atomic E-state index is 0.192. The van der Waals surface area contributed by atoms with Gasteiger partial charge in [-0.15, -0.1) is 0 Å². The van der Waals surface area contributed by atoms with Gasteiger partial charge in [0.25, 0.3) is 11.8 Å². The van der Waals surface area contributed by atoms with Crippen LogP contribution in [0, 0.1) is 6.92 Å². The van der Waals surface area contributed by atoms with Crippen LogP contribution in [0.4, 0.5) is 10.5 Å². The molecule has 0 unspecified atom stereocenters. The Balaban J connectivity index is 1.67. The zero-order chi connectivity index (χ0) is 22.1. The van der Waals surface area contributed by atoms with Gasteiger partial charge in [0.1, 0.15) is 17.1 Å². The maximum absolute atomic E-state index is 13.0. The van der Waals surface area contributed by atoms with Crippen LogP contribution >= 0.6 is 11.6 Å². The minimum atomic E-state index is -0.786. The second kappa shape index (κ2) is 8.24. The fourth-order valence-electron chi connectivity index (χ4n) is 3.35. The number of carbonyl (C=O) groups excluding carboxylic acids is 3. The van der Waals surface area contributed by atoms with Crippen LogP contribution < -0.4 is 10.2 Å². The smallest absolute Gasteiger partial charge is 0.335 e. The number of hydrogen-bond donors (Lipinski definition) is 1. The number of rotatable bonds is 4. The molecule has 7 heteroatoms. The van der Waals surface area contributed by atoms with E-state index in [0.29, 0.717) is 22.2 Å². The zero-order valence-electron chi connectivity index (χ0n) is 16.9. The van der Waals surface area contributed by atoms with Gasteiger partial charge in [0.15, 0.2) is 0 Å². The topological polar surface area (TPSA) is 79.6 Å². The number of anilines is 1. The fraction of sp³-hybridized carbons (Fsp3) is 0.125. The molecule has 2 heterocycles. The zero-order valence-corrected chi connectivity index (χ0v) is 17.7. The molecule has 1 fully saturated rings. The summed E-state index contributed by atoms with van der Waals surface area (Å²) in [7, 11) is 0. The van der Waals surface area contributed by atoms with Gasteiger partial charge in [-0.1, -0.05) is 36.7 Å². The highest BCUT2D eigenvalue weighted by atomic mass is 35.5. The first kappa shape index (κ1) is 20.6. The molecule has 0 saturated carbocycles. The highest BCUT2D eigenvalue weighted by Gasteiger charge is 2.37. The molecule has 31 heavy (non-hydrogen) atoms. The lowest BCUT2D eigenvalue weighted by atomic mass is 10.1. The largest absolute Gasteiger partial charge is 0.457 e. The third-order valence-corrected chi connectivity index (χ3v) is 5.32. The summed E-state index contributed by atoms with van der Waals surface area (Å²) in [5.74, 6) is -0.620. The monoisotopic (exact) mass is 434 g/mol. The van der Waals surface area contributed by atoms with Crippen molar-refractivity contribution in [2.45, 2.75) is 20.3 Å². The molecule has 6 nitrogen and oxygen atoms in total. The van der Waals surface area contributed by atoms with Gasteiger partial charge < -0.3 is 4.42 Å². The third-order valence-electron chi connectivity index (χ3n) is 5.08. The Kier molecular flexibility index (Phi) is 5.48. The van der Waals surface area contributed by atoms with Crippen LogP contribution in [0.1, 0.15) is 23.8 Å². The van der Waals surface area contributed by atoms with Crippen molar-refractivity contribution < 1.29 is 18.8 Å². The molecule has 0 radical (unpaired) electrons. The molecule has 0 atom stereocenters. The number of barbiturate groups is 1. The maximum Gasteiger partial charge on any atom is 0.335 e.